The number of pyridine rings is 1. The van der Waals surface area contributed by atoms with Gasteiger partial charge in [0.15, 0.2) is 0 Å². The maximum Gasteiger partial charge on any atom is 0.263 e. The van der Waals surface area contributed by atoms with E-state index in [-0.39, 0.29) is 18.1 Å². The van der Waals surface area contributed by atoms with Crippen molar-refractivity contribution in [2.45, 2.75) is 38.3 Å². The van der Waals surface area contributed by atoms with Crippen LogP contribution in [-0.2, 0) is 11.2 Å². The topological polar surface area (TPSA) is 64.1 Å². The number of rotatable bonds is 4. The molecule has 0 aromatic carbocycles. The van der Waals surface area contributed by atoms with Crippen molar-refractivity contribution in [3.05, 3.63) is 46.2 Å². The second-order valence-corrected chi connectivity index (χ2v) is 6.38. The number of aryl methyl sites for hydroxylation is 1. The molecule has 1 amide bonds. The predicted octanol–water partition coefficient (Wildman–Crippen LogP) is 2.75. The van der Waals surface area contributed by atoms with Gasteiger partial charge in [0.05, 0.1) is 17.2 Å². The number of nitrogens with one attached hydrogen (secondary N) is 1. The summed E-state index contributed by atoms with van der Waals surface area (Å²) in [6.45, 7) is 2.76. The SMILES string of the molecule is CCc1ncc(C(=O)N[C@H]2CCCO[C@@H]2c2ccncc2)s1. The van der Waals surface area contributed by atoms with Crippen LogP contribution >= 0.6 is 11.3 Å². The van der Waals surface area contributed by atoms with E-state index in [1.165, 1.54) is 11.3 Å². The standard InChI is InChI=1S/C16H19N3O2S/c1-2-14-18-10-13(22-14)16(20)19-12-4-3-9-21-15(12)11-5-7-17-8-6-11/h5-8,10,12,15H,2-4,9H2,1H3,(H,19,20)/t12-,15+/m0/s1. The number of carbonyl (C=O) groups is 1. The average molecular weight is 317 g/mol. The minimum atomic E-state index is -0.112. The monoisotopic (exact) mass is 317 g/mol. The molecular weight excluding hydrogens is 298 g/mol. The fourth-order valence-electron chi connectivity index (χ4n) is 2.63. The largest absolute Gasteiger partial charge is 0.371 e. The molecule has 0 saturated carbocycles. The molecule has 3 rings (SSSR count). The van der Waals surface area contributed by atoms with Crippen LogP contribution in [0.3, 0.4) is 0 Å². The fraction of sp³-hybridized carbons (Fsp3) is 0.438. The molecule has 2 aromatic heterocycles. The van der Waals surface area contributed by atoms with Crippen molar-refractivity contribution < 1.29 is 9.53 Å². The maximum atomic E-state index is 12.4. The Labute approximate surface area is 133 Å². The first-order valence-corrected chi connectivity index (χ1v) is 8.36. The van der Waals surface area contributed by atoms with Crippen LogP contribution in [0.15, 0.2) is 30.7 Å². The summed E-state index contributed by atoms with van der Waals surface area (Å²) < 4.78 is 5.89. The van der Waals surface area contributed by atoms with Crippen molar-refractivity contribution in [1.82, 2.24) is 15.3 Å². The smallest absolute Gasteiger partial charge is 0.263 e. The number of ether oxygens (including phenoxy) is 1. The molecular formula is C16H19N3O2S. The molecule has 1 aliphatic rings. The van der Waals surface area contributed by atoms with E-state index in [0.29, 0.717) is 4.88 Å². The summed E-state index contributed by atoms with van der Waals surface area (Å²) in [5.41, 5.74) is 1.05. The third kappa shape index (κ3) is 3.34. The first-order valence-electron chi connectivity index (χ1n) is 7.55. The zero-order valence-corrected chi connectivity index (χ0v) is 13.3. The van der Waals surface area contributed by atoms with E-state index in [9.17, 15) is 4.79 Å². The quantitative estimate of drug-likeness (QED) is 0.942. The Hall–Kier alpha value is -1.79. The molecule has 3 heterocycles. The highest BCUT2D eigenvalue weighted by Crippen LogP contribution is 2.28. The Kier molecular flexibility index (Phi) is 4.80. The van der Waals surface area contributed by atoms with Crippen molar-refractivity contribution in [2.75, 3.05) is 6.61 Å². The highest BCUT2D eigenvalue weighted by molar-refractivity contribution is 7.13. The number of amides is 1. The Morgan fingerprint density at radius 1 is 1.45 bits per heavy atom. The number of nitrogens with zero attached hydrogens (tertiary/aromatic N) is 2. The summed E-state index contributed by atoms with van der Waals surface area (Å²) in [5.74, 6) is -0.0632. The number of hydrogen-bond donors (Lipinski definition) is 1. The highest BCUT2D eigenvalue weighted by atomic mass is 32.1. The van der Waals surface area contributed by atoms with Gasteiger partial charge < -0.3 is 10.1 Å². The van der Waals surface area contributed by atoms with E-state index >= 15 is 0 Å². The Balaban J connectivity index is 1.72. The Morgan fingerprint density at radius 3 is 3.00 bits per heavy atom. The van der Waals surface area contributed by atoms with E-state index in [1.807, 2.05) is 19.1 Å². The van der Waals surface area contributed by atoms with Crippen LogP contribution in [0.2, 0.25) is 0 Å². The normalized spacial score (nSPS) is 21.5. The van der Waals surface area contributed by atoms with Gasteiger partial charge in [0.25, 0.3) is 5.91 Å². The number of thiazole rings is 1. The molecule has 0 spiro atoms. The van der Waals surface area contributed by atoms with Crippen molar-refractivity contribution in [2.24, 2.45) is 0 Å². The number of hydrogen-bond acceptors (Lipinski definition) is 5. The van der Waals surface area contributed by atoms with Crippen LogP contribution in [-0.4, -0.2) is 28.5 Å². The van der Waals surface area contributed by atoms with Gasteiger partial charge in [-0.25, -0.2) is 4.98 Å². The third-order valence-electron chi connectivity index (χ3n) is 3.75. The van der Waals surface area contributed by atoms with Gasteiger partial charge in [0.2, 0.25) is 0 Å². The minimum absolute atomic E-state index is 0.0178. The van der Waals surface area contributed by atoms with Gasteiger partial charge in [-0.1, -0.05) is 6.92 Å². The molecule has 1 aliphatic heterocycles. The van der Waals surface area contributed by atoms with Gasteiger partial charge in [0.1, 0.15) is 11.0 Å². The second kappa shape index (κ2) is 6.98. The first-order chi connectivity index (χ1) is 10.8. The predicted molar refractivity (Wildman–Crippen MR) is 84.9 cm³/mol. The average Bonchev–Trinajstić information content (AvgIpc) is 3.05. The van der Waals surface area contributed by atoms with Crippen LogP contribution < -0.4 is 5.32 Å². The van der Waals surface area contributed by atoms with Gasteiger partial charge in [0, 0.05) is 19.0 Å². The first kappa shape index (κ1) is 15.1. The maximum absolute atomic E-state index is 12.4. The van der Waals surface area contributed by atoms with Crippen LogP contribution in [0.5, 0.6) is 0 Å². The molecule has 0 unspecified atom stereocenters. The Morgan fingerprint density at radius 2 is 2.27 bits per heavy atom. The minimum Gasteiger partial charge on any atom is -0.371 e. The molecule has 0 bridgehead atoms. The lowest BCUT2D eigenvalue weighted by Crippen LogP contribution is -2.42. The lowest BCUT2D eigenvalue weighted by atomic mass is 9.96. The molecule has 2 aromatic rings. The molecule has 1 saturated heterocycles. The van der Waals surface area contributed by atoms with Crippen molar-refractivity contribution in [3.8, 4) is 0 Å². The molecule has 22 heavy (non-hydrogen) atoms. The van der Waals surface area contributed by atoms with E-state index in [1.54, 1.807) is 18.6 Å². The van der Waals surface area contributed by atoms with Crippen LogP contribution in [0.25, 0.3) is 0 Å². The van der Waals surface area contributed by atoms with Crippen LogP contribution in [0.4, 0.5) is 0 Å². The van der Waals surface area contributed by atoms with Gasteiger partial charge in [-0.05, 0) is 37.0 Å². The van der Waals surface area contributed by atoms with Crippen LogP contribution in [0, 0.1) is 0 Å². The zero-order chi connectivity index (χ0) is 15.4. The molecule has 0 radical (unpaired) electrons. The number of carbonyl (C=O) groups excluding carboxylic acids is 1. The lowest BCUT2D eigenvalue weighted by molar-refractivity contribution is -0.00945. The summed E-state index contributed by atoms with van der Waals surface area (Å²) in [6.07, 6.45) is 7.77. The fourth-order valence-corrected chi connectivity index (χ4v) is 3.39. The van der Waals surface area contributed by atoms with E-state index in [0.717, 1.165) is 36.4 Å². The summed E-state index contributed by atoms with van der Waals surface area (Å²) in [6, 6.07) is 3.87. The van der Waals surface area contributed by atoms with Gasteiger partial charge in [-0.2, -0.15) is 0 Å². The Bertz CT molecular complexity index is 629. The highest BCUT2D eigenvalue weighted by Gasteiger charge is 2.29. The molecule has 116 valence electrons. The summed E-state index contributed by atoms with van der Waals surface area (Å²) in [5, 5.41) is 4.09. The summed E-state index contributed by atoms with van der Waals surface area (Å²) in [7, 11) is 0. The number of aromatic nitrogens is 2. The van der Waals surface area contributed by atoms with Gasteiger partial charge in [-0.15, -0.1) is 11.3 Å². The van der Waals surface area contributed by atoms with E-state index < -0.39 is 0 Å². The molecule has 5 nitrogen and oxygen atoms in total. The van der Waals surface area contributed by atoms with E-state index in [4.69, 9.17) is 4.74 Å². The zero-order valence-electron chi connectivity index (χ0n) is 12.5. The summed E-state index contributed by atoms with van der Waals surface area (Å²) >= 11 is 1.45. The molecule has 2 atom stereocenters. The molecule has 6 heteroatoms. The third-order valence-corrected chi connectivity index (χ3v) is 4.89. The molecule has 0 aliphatic carbocycles. The molecule has 1 fully saturated rings. The van der Waals surface area contributed by atoms with E-state index in [2.05, 4.69) is 15.3 Å². The van der Waals surface area contributed by atoms with Gasteiger partial charge in [-0.3, -0.25) is 9.78 Å². The van der Waals surface area contributed by atoms with Crippen molar-refractivity contribution in [1.29, 1.82) is 0 Å². The van der Waals surface area contributed by atoms with Gasteiger partial charge >= 0.3 is 0 Å². The lowest BCUT2D eigenvalue weighted by Gasteiger charge is -2.32. The summed E-state index contributed by atoms with van der Waals surface area (Å²) in [4.78, 5) is 21.4. The van der Waals surface area contributed by atoms with Crippen LogP contribution in [0.1, 0.15) is 46.1 Å². The van der Waals surface area contributed by atoms with Crippen molar-refractivity contribution in [3.63, 3.8) is 0 Å². The van der Waals surface area contributed by atoms with Crippen molar-refractivity contribution >= 4 is 17.2 Å². The molecule has 1 N–H and O–H groups in total. The second-order valence-electron chi connectivity index (χ2n) is 5.27.